The first kappa shape index (κ1) is 16.9. The summed E-state index contributed by atoms with van der Waals surface area (Å²) >= 11 is 11.5. The molecule has 0 unspecified atom stereocenters. The van der Waals surface area contributed by atoms with Crippen LogP contribution >= 0.6 is 39.3 Å². The van der Waals surface area contributed by atoms with Crippen LogP contribution in [0.4, 0.5) is 0 Å². The third kappa shape index (κ3) is 5.67. The normalized spacial score (nSPS) is 11.1. The summed E-state index contributed by atoms with van der Waals surface area (Å²) < 4.78 is 1.02. The van der Waals surface area contributed by atoms with E-state index in [0.717, 1.165) is 27.4 Å². The lowest BCUT2D eigenvalue weighted by molar-refractivity contribution is 0.588. The van der Waals surface area contributed by atoms with E-state index in [0.29, 0.717) is 6.04 Å². The van der Waals surface area contributed by atoms with Crippen molar-refractivity contribution in [3.8, 4) is 0 Å². The molecule has 2 aromatic carbocycles. The summed E-state index contributed by atoms with van der Waals surface area (Å²) in [6.45, 7) is 5.24. The molecule has 0 saturated carbocycles. The van der Waals surface area contributed by atoms with E-state index >= 15 is 0 Å². The molecule has 4 heteroatoms. The Kier molecular flexibility index (Phi) is 6.62. The zero-order chi connectivity index (χ0) is 15.2. The molecule has 0 saturated heterocycles. The van der Waals surface area contributed by atoms with Gasteiger partial charge in [-0.05, 0) is 35.4 Å². The topological polar surface area (TPSA) is 12.0 Å². The van der Waals surface area contributed by atoms with E-state index in [1.807, 2.05) is 12.1 Å². The van der Waals surface area contributed by atoms with Gasteiger partial charge in [-0.25, -0.2) is 0 Å². The summed E-state index contributed by atoms with van der Waals surface area (Å²) in [6.07, 6.45) is 0. The highest BCUT2D eigenvalue weighted by Crippen LogP contribution is 2.28. The number of rotatable bonds is 6. The first-order valence-electron chi connectivity index (χ1n) is 6.93. The van der Waals surface area contributed by atoms with Crippen LogP contribution in [0.2, 0.25) is 5.02 Å². The maximum absolute atomic E-state index is 6.24. The Labute approximate surface area is 144 Å². The Hall–Kier alpha value is -0.480. The molecule has 0 amide bonds. The molecule has 0 aliphatic carbocycles. The van der Waals surface area contributed by atoms with Crippen LogP contribution in [0.15, 0.2) is 51.8 Å². The fourth-order valence-corrected chi connectivity index (χ4v) is 3.55. The smallest absolute Gasteiger partial charge is 0.0457 e. The van der Waals surface area contributed by atoms with Gasteiger partial charge in [0.2, 0.25) is 0 Å². The highest BCUT2D eigenvalue weighted by Gasteiger charge is 2.03. The third-order valence-corrected chi connectivity index (χ3v) is 4.95. The zero-order valence-corrected chi connectivity index (χ0v) is 15.4. The molecule has 0 aliphatic rings. The minimum Gasteiger partial charge on any atom is -0.310 e. The number of halogens is 2. The van der Waals surface area contributed by atoms with Crippen molar-refractivity contribution in [2.24, 2.45) is 0 Å². The molecule has 0 aliphatic heterocycles. The van der Waals surface area contributed by atoms with E-state index in [9.17, 15) is 0 Å². The predicted octanol–water partition coefficient (Wildman–Crippen LogP) is 5.89. The van der Waals surface area contributed by atoms with Crippen LogP contribution in [0.25, 0.3) is 0 Å². The molecule has 0 fully saturated rings. The number of hydrogen-bond acceptors (Lipinski definition) is 2. The van der Waals surface area contributed by atoms with Crippen LogP contribution in [0.5, 0.6) is 0 Å². The number of thioether (sulfide) groups is 1. The number of hydrogen-bond donors (Lipinski definition) is 1. The van der Waals surface area contributed by atoms with Crippen molar-refractivity contribution in [3.05, 3.63) is 63.1 Å². The molecule has 112 valence electrons. The van der Waals surface area contributed by atoms with E-state index in [2.05, 4.69) is 65.4 Å². The molecular weight excluding hydrogens is 366 g/mol. The monoisotopic (exact) mass is 383 g/mol. The van der Waals surface area contributed by atoms with Gasteiger partial charge in [-0.3, -0.25) is 0 Å². The van der Waals surface area contributed by atoms with E-state index in [1.54, 1.807) is 11.8 Å². The Morgan fingerprint density at radius 2 is 1.86 bits per heavy atom. The molecule has 2 aromatic rings. The van der Waals surface area contributed by atoms with Crippen LogP contribution in [0.3, 0.4) is 0 Å². The van der Waals surface area contributed by atoms with Gasteiger partial charge in [-0.15, -0.1) is 11.8 Å². The summed E-state index contributed by atoms with van der Waals surface area (Å²) in [7, 11) is 0. The van der Waals surface area contributed by atoms with Gasteiger partial charge in [0.1, 0.15) is 0 Å². The van der Waals surface area contributed by atoms with Gasteiger partial charge >= 0.3 is 0 Å². The van der Waals surface area contributed by atoms with Crippen molar-refractivity contribution in [3.63, 3.8) is 0 Å². The minimum atomic E-state index is 0.513. The lowest BCUT2D eigenvalue weighted by atomic mass is 10.2. The maximum atomic E-state index is 6.24. The number of benzene rings is 2. The summed E-state index contributed by atoms with van der Waals surface area (Å²) in [5, 5.41) is 4.24. The first-order valence-corrected chi connectivity index (χ1v) is 9.09. The van der Waals surface area contributed by atoms with Gasteiger partial charge in [0.05, 0.1) is 0 Å². The Balaban J connectivity index is 1.91. The molecule has 1 N–H and O–H groups in total. The second-order valence-corrected chi connectivity index (χ2v) is 7.58. The molecule has 0 aromatic heterocycles. The molecular formula is C17H19BrClNS. The van der Waals surface area contributed by atoms with Crippen LogP contribution < -0.4 is 5.32 Å². The van der Waals surface area contributed by atoms with Gasteiger partial charge in [-0.2, -0.15) is 0 Å². The quantitative estimate of drug-likeness (QED) is 0.623. The Morgan fingerprint density at radius 1 is 1.14 bits per heavy atom. The summed E-state index contributed by atoms with van der Waals surface area (Å²) in [4.78, 5) is 1.27. The highest BCUT2D eigenvalue weighted by atomic mass is 79.9. The SMILES string of the molecule is CC(C)NCc1ccc(SCc2ccc(Br)cc2Cl)cc1. The predicted molar refractivity (Wildman–Crippen MR) is 97.1 cm³/mol. The van der Waals surface area contributed by atoms with Crippen LogP contribution in [-0.2, 0) is 12.3 Å². The molecule has 1 nitrogen and oxygen atoms in total. The fourth-order valence-electron chi connectivity index (χ4n) is 1.83. The Bertz CT molecular complexity index is 584. The highest BCUT2D eigenvalue weighted by molar-refractivity contribution is 9.10. The summed E-state index contributed by atoms with van der Waals surface area (Å²) in [6, 6.07) is 15.3. The van der Waals surface area contributed by atoms with Crippen molar-refractivity contribution in [1.29, 1.82) is 0 Å². The van der Waals surface area contributed by atoms with Gasteiger partial charge in [0.15, 0.2) is 0 Å². The van der Waals surface area contributed by atoms with Gasteiger partial charge in [0.25, 0.3) is 0 Å². The van der Waals surface area contributed by atoms with Crippen LogP contribution in [0, 0.1) is 0 Å². The van der Waals surface area contributed by atoms with Crippen molar-refractivity contribution in [2.75, 3.05) is 0 Å². The third-order valence-electron chi connectivity index (χ3n) is 3.05. The molecule has 0 heterocycles. The molecule has 21 heavy (non-hydrogen) atoms. The zero-order valence-electron chi connectivity index (χ0n) is 12.2. The van der Waals surface area contributed by atoms with Gasteiger partial charge in [0, 0.05) is 32.7 Å². The van der Waals surface area contributed by atoms with Gasteiger partial charge < -0.3 is 5.32 Å². The molecule has 2 rings (SSSR count). The largest absolute Gasteiger partial charge is 0.310 e. The fraction of sp³-hybridized carbons (Fsp3) is 0.294. The standard InChI is InChI=1S/C17H19BrClNS/c1-12(2)20-10-13-3-7-16(8-4-13)21-11-14-5-6-15(18)9-17(14)19/h3-9,12,20H,10-11H2,1-2H3. The number of nitrogens with one attached hydrogen (secondary N) is 1. The second-order valence-electron chi connectivity index (χ2n) is 5.20. The molecule has 0 radical (unpaired) electrons. The van der Waals surface area contributed by atoms with Crippen LogP contribution in [0.1, 0.15) is 25.0 Å². The minimum absolute atomic E-state index is 0.513. The lowest BCUT2D eigenvalue weighted by Crippen LogP contribution is -2.21. The molecule has 0 atom stereocenters. The molecule has 0 spiro atoms. The van der Waals surface area contributed by atoms with E-state index in [-0.39, 0.29) is 0 Å². The maximum Gasteiger partial charge on any atom is 0.0457 e. The molecule has 0 bridgehead atoms. The first-order chi connectivity index (χ1) is 10.0. The average Bonchev–Trinajstić information content (AvgIpc) is 2.45. The van der Waals surface area contributed by atoms with E-state index in [1.165, 1.54) is 10.5 Å². The van der Waals surface area contributed by atoms with E-state index in [4.69, 9.17) is 11.6 Å². The Morgan fingerprint density at radius 3 is 2.48 bits per heavy atom. The van der Waals surface area contributed by atoms with Crippen molar-refractivity contribution in [1.82, 2.24) is 5.32 Å². The van der Waals surface area contributed by atoms with Crippen molar-refractivity contribution in [2.45, 2.75) is 37.1 Å². The lowest BCUT2D eigenvalue weighted by Gasteiger charge is -2.09. The summed E-state index contributed by atoms with van der Waals surface area (Å²) in [5.41, 5.74) is 2.48. The van der Waals surface area contributed by atoms with E-state index < -0.39 is 0 Å². The second kappa shape index (κ2) is 8.23. The van der Waals surface area contributed by atoms with Crippen LogP contribution in [-0.4, -0.2) is 6.04 Å². The van der Waals surface area contributed by atoms with Crippen molar-refractivity contribution < 1.29 is 0 Å². The van der Waals surface area contributed by atoms with Crippen molar-refractivity contribution >= 4 is 39.3 Å². The average molecular weight is 385 g/mol. The van der Waals surface area contributed by atoms with Gasteiger partial charge in [-0.1, -0.05) is 59.6 Å². The summed E-state index contributed by atoms with van der Waals surface area (Å²) in [5.74, 6) is 0.885.